The average molecular weight is 291 g/mol. The summed E-state index contributed by atoms with van der Waals surface area (Å²) in [6.45, 7) is 4.49. The van der Waals surface area contributed by atoms with E-state index in [1.54, 1.807) is 11.8 Å². The van der Waals surface area contributed by atoms with E-state index in [9.17, 15) is 0 Å². The highest BCUT2D eigenvalue weighted by Crippen LogP contribution is 2.21. The van der Waals surface area contributed by atoms with Crippen LogP contribution < -0.4 is 5.32 Å². The van der Waals surface area contributed by atoms with Crippen molar-refractivity contribution >= 4 is 23.4 Å². The summed E-state index contributed by atoms with van der Waals surface area (Å²) in [4.78, 5) is 5.61. The molecular weight excluding hydrogens is 270 g/mol. The van der Waals surface area contributed by atoms with Gasteiger partial charge in [0.05, 0.1) is 0 Å². The Balaban J connectivity index is 1.97. The summed E-state index contributed by atoms with van der Waals surface area (Å²) in [6, 6.07) is 8.34. The summed E-state index contributed by atoms with van der Waals surface area (Å²) in [5.41, 5.74) is 1.06. The molecule has 5 heteroatoms. The number of rotatable bonds is 8. The number of hydrogen-bond acceptors (Lipinski definition) is 4. The minimum atomic E-state index is 0.774. The molecule has 1 heterocycles. The summed E-state index contributed by atoms with van der Waals surface area (Å²) in [7, 11) is 0. The van der Waals surface area contributed by atoms with Crippen LogP contribution in [0.5, 0.6) is 0 Å². The Morgan fingerprint density at radius 1 is 1.40 bits per heavy atom. The van der Waals surface area contributed by atoms with Gasteiger partial charge in [0.25, 0.3) is 0 Å². The van der Waals surface area contributed by atoms with E-state index in [1.807, 2.05) is 19.3 Å². The van der Waals surface area contributed by atoms with Crippen molar-refractivity contribution in [1.82, 2.24) is 9.55 Å². The number of imidazole rings is 1. The van der Waals surface area contributed by atoms with Gasteiger partial charge in [0.1, 0.15) is 0 Å². The van der Waals surface area contributed by atoms with Crippen LogP contribution in [0.4, 0.5) is 11.6 Å². The maximum atomic E-state index is 5.36. The van der Waals surface area contributed by atoms with Gasteiger partial charge in [-0.1, -0.05) is 6.07 Å². The summed E-state index contributed by atoms with van der Waals surface area (Å²) >= 11 is 1.74. The Bertz CT molecular complexity index is 527. The molecule has 108 valence electrons. The zero-order valence-corrected chi connectivity index (χ0v) is 12.8. The minimum absolute atomic E-state index is 0.774. The highest BCUT2D eigenvalue weighted by molar-refractivity contribution is 7.98. The van der Waals surface area contributed by atoms with Crippen LogP contribution >= 0.6 is 11.8 Å². The molecule has 0 saturated heterocycles. The number of nitrogens with one attached hydrogen (secondary N) is 1. The molecule has 0 fully saturated rings. The van der Waals surface area contributed by atoms with Crippen molar-refractivity contribution in [3.63, 3.8) is 0 Å². The first-order chi connectivity index (χ1) is 9.83. The third-order valence-electron chi connectivity index (χ3n) is 2.93. The lowest BCUT2D eigenvalue weighted by Gasteiger charge is -2.10. The van der Waals surface area contributed by atoms with E-state index >= 15 is 0 Å². The minimum Gasteiger partial charge on any atom is -0.382 e. The Labute approximate surface area is 124 Å². The van der Waals surface area contributed by atoms with Crippen LogP contribution in [-0.2, 0) is 11.3 Å². The van der Waals surface area contributed by atoms with E-state index in [1.165, 1.54) is 4.90 Å². The molecule has 0 aliphatic carbocycles. The van der Waals surface area contributed by atoms with Gasteiger partial charge in [-0.3, -0.25) is 0 Å². The Morgan fingerprint density at radius 2 is 2.30 bits per heavy atom. The summed E-state index contributed by atoms with van der Waals surface area (Å²) in [5, 5.41) is 3.37. The van der Waals surface area contributed by atoms with Gasteiger partial charge in [-0.25, -0.2) is 4.98 Å². The molecular formula is C15H21N3OS. The number of benzene rings is 1. The third kappa shape index (κ3) is 4.28. The van der Waals surface area contributed by atoms with Crippen LogP contribution in [0.3, 0.4) is 0 Å². The quantitative estimate of drug-likeness (QED) is 0.593. The fraction of sp³-hybridized carbons (Fsp3) is 0.400. The highest BCUT2D eigenvalue weighted by Gasteiger charge is 2.03. The molecule has 0 aliphatic rings. The predicted molar refractivity (Wildman–Crippen MR) is 84.8 cm³/mol. The lowest BCUT2D eigenvalue weighted by Crippen LogP contribution is -2.06. The molecule has 0 spiro atoms. The smallest absolute Gasteiger partial charge is 0.207 e. The number of aromatic nitrogens is 2. The molecule has 4 nitrogen and oxygen atoms in total. The molecule has 0 saturated carbocycles. The third-order valence-corrected chi connectivity index (χ3v) is 3.66. The zero-order chi connectivity index (χ0) is 14.2. The van der Waals surface area contributed by atoms with Gasteiger partial charge >= 0.3 is 0 Å². The molecule has 2 aromatic rings. The van der Waals surface area contributed by atoms with Crippen molar-refractivity contribution in [2.75, 3.05) is 24.8 Å². The molecule has 0 aliphatic heterocycles. The standard InChI is InChI=1S/C15H21N3OS/c1-3-19-11-5-9-18-10-8-16-15(18)17-13-6-4-7-14(12-13)20-2/h4,6-8,10,12H,3,5,9,11H2,1-2H3,(H,16,17). The zero-order valence-electron chi connectivity index (χ0n) is 12.0. The van der Waals surface area contributed by atoms with Gasteiger partial charge in [0.2, 0.25) is 5.95 Å². The summed E-state index contributed by atoms with van der Waals surface area (Å²) in [6.07, 6.45) is 6.88. The average Bonchev–Trinajstić information content (AvgIpc) is 2.91. The van der Waals surface area contributed by atoms with E-state index in [-0.39, 0.29) is 0 Å². The van der Waals surface area contributed by atoms with Crippen LogP contribution in [0.1, 0.15) is 13.3 Å². The molecule has 20 heavy (non-hydrogen) atoms. The van der Waals surface area contributed by atoms with Gasteiger partial charge in [0.15, 0.2) is 0 Å². The molecule has 1 aromatic carbocycles. The van der Waals surface area contributed by atoms with Crippen molar-refractivity contribution < 1.29 is 4.74 Å². The van der Waals surface area contributed by atoms with Crippen molar-refractivity contribution in [1.29, 1.82) is 0 Å². The SMILES string of the molecule is CCOCCCn1ccnc1Nc1cccc(SC)c1. The lowest BCUT2D eigenvalue weighted by atomic mass is 10.3. The van der Waals surface area contributed by atoms with Gasteiger partial charge in [-0.05, 0) is 37.8 Å². The fourth-order valence-corrected chi connectivity index (χ4v) is 2.38. The molecule has 0 bridgehead atoms. The Kier molecular flexibility index (Phi) is 5.95. The molecule has 0 unspecified atom stereocenters. The number of hydrogen-bond donors (Lipinski definition) is 1. The van der Waals surface area contributed by atoms with Gasteiger partial charge in [-0.15, -0.1) is 11.8 Å². The van der Waals surface area contributed by atoms with Gasteiger partial charge in [-0.2, -0.15) is 0 Å². The Hall–Kier alpha value is -1.46. The topological polar surface area (TPSA) is 39.1 Å². The first-order valence-corrected chi connectivity index (χ1v) is 8.06. The van der Waals surface area contributed by atoms with Crippen LogP contribution in [0, 0.1) is 0 Å². The normalized spacial score (nSPS) is 10.7. The largest absolute Gasteiger partial charge is 0.382 e. The summed E-state index contributed by atoms with van der Waals surface area (Å²) < 4.78 is 7.48. The summed E-state index contributed by atoms with van der Waals surface area (Å²) in [5.74, 6) is 0.875. The lowest BCUT2D eigenvalue weighted by molar-refractivity contribution is 0.142. The molecule has 0 radical (unpaired) electrons. The van der Waals surface area contributed by atoms with E-state index in [2.05, 4.69) is 45.4 Å². The highest BCUT2D eigenvalue weighted by atomic mass is 32.2. The first kappa shape index (κ1) is 14.9. The van der Waals surface area contributed by atoms with E-state index < -0.39 is 0 Å². The van der Waals surface area contributed by atoms with Crippen LogP contribution in [-0.4, -0.2) is 29.0 Å². The second kappa shape index (κ2) is 7.97. The van der Waals surface area contributed by atoms with E-state index in [4.69, 9.17) is 4.74 Å². The van der Waals surface area contributed by atoms with Gasteiger partial charge < -0.3 is 14.6 Å². The molecule has 1 aromatic heterocycles. The van der Waals surface area contributed by atoms with Crippen molar-refractivity contribution in [2.24, 2.45) is 0 Å². The van der Waals surface area contributed by atoms with Crippen molar-refractivity contribution in [3.8, 4) is 0 Å². The first-order valence-electron chi connectivity index (χ1n) is 6.83. The van der Waals surface area contributed by atoms with Gasteiger partial charge in [0, 0.05) is 42.7 Å². The van der Waals surface area contributed by atoms with Crippen LogP contribution in [0.2, 0.25) is 0 Å². The second-order valence-corrected chi connectivity index (χ2v) is 5.23. The predicted octanol–water partition coefficient (Wildman–Crippen LogP) is 3.78. The maximum absolute atomic E-state index is 5.36. The van der Waals surface area contributed by atoms with Crippen molar-refractivity contribution in [2.45, 2.75) is 24.8 Å². The van der Waals surface area contributed by atoms with Crippen LogP contribution in [0.15, 0.2) is 41.6 Å². The second-order valence-electron chi connectivity index (χ2n) is 4.35. The van der Waals surface area contributed by atoms with Crippen molar-refractivity contribution in [3.05, 3.63) is 36.7 Å². The Morgan fingerprint density at radius 3 is 3.10 bits per heavy atom. The monoisotopic (exact) mass is 291 g/mol. The fourth-order valence-electron chi connectivity index (χ4n) is 1.92. The number of anilines is 2. The maximum Gasteiger partial charge on any atom is 0.207 e. The molecule has 1 N–H and O–H groups in total. The number of nitrogens with zero attached hydrogens (tertiary/aromatic N) is 2. The van der Waals surface area contributed by atoms with Crippen LogP contribution in [0.25, 0.3) is 0 Å². The molecule has 0 atom stereocenters. The molecule has 2 rings (SSSR count). The number of aryl methyl sites for hydroxylation is 1. The van der Waals surface area contributed by atoms with E-state index in [0.717, 1.165) is 37.8 Å². The van der Waals surface area contributed by atoms with E-state index in [0.29, 0.717) is 0 Å². The molecule has 0 amide bonds. The number of thioether (sulfide) groups is 1. The number of ether oxygens (including phenoxy) is 1.